The Morgan fingerprint density at radius 1 is 0.955 bits per heavy atom. The van der Waals surface area contributed by atoms with Gasteiger partial charge in [-0.1, -0.05) is 43.0 Å². The van der Waals surface area contributed by atoms with Gasteiger partial charge in [0.2, 0.25) is 0 Å². The van der Waals surface area contributed by atoms with E-state index in [-0.39, 0.29) is 18.8 Å². The quantitative estimate of drug-likeness (QED) is 0.366. The zero-order chi connectivity index (χ0) is 16.4. The first-order valence-electron chi connectivity index (χ1n) is 7.33. The molecule has 0 aliphatic carbocycles. The van der Waals surface area contributed by atoms with Crippen molar-refractivity contribution in [2.75, 3.05) is 6.61 Å². The number of halogens is 2. The van der Waals surface area contributed by atoms with Gasteiger partial charge in [-0.25, -0.2) is 0 Å². The van der Waals surface area contributed by atoms with Crippen LogP contribution in [0.3, 0.4) is 0 Å². The summed E-state index contributed by atoms with van der Waals surface area (Å²) in [6.07, 6.45) is 3.73. The Balaban J connectivity index is 2.21. The second kappa shape index (κ2) is 10.5. The van der Waals surface area contributed by atoms with Crippen molar-refractivity contribution in [3.8, 4) is 5.75 Å². The van der Waals surface area contributed by atoms with Crippen LogP contribution in [0, 0.1) is 0 Å². The number of esters is 2. The lowest BCUT2D eigenvalue weighted by molar-refractivity contribution is -0.144. The summed E-state index contributed by atoms with van der Waals surface area (Å²) in [4.78, 5) is 23.1. The Hall–Kier alpha value is -1.26. The monoisotopic (exact) mass is 346 g/mol. The molecule has 0 aromatic heterocycles. The molecule has 4 nitrogen and oxygen atoms in total. The molecule has 0 saturated carbocycles. The Bertz CT molecular complexity index is 483. The number of ether oxygens (including phenoxy) is 2. The van der Waals surface area contributed by atoms with Gasteiger partial charge in [0.25, 0.3) is 0 Å². The number of carbonyl (C=O) groups is 2. The van der Waals surface area contributed by atoms with Gasteiger partial charge in [-0.05, 0) is 31.0 Å². The number of unbranched alkanes of at least 4 members (excludes halogenated alkanes) is 2. The first-order chi connectivity index (χ1) is 10.5. The summed E-state index contributed by atoms with van der Waals surface area (Å²) in [5, 5.41) is 0.789. The Morgan fingerprint density at radius 2 is 1.59 bits per heavy atom. The predicted octanol–water partition coefficient (Wildman–Crippen LogP) is 4.80. The van der Waals surface area contributed by atoms with E-state index in [0.717, 1.165) is 19.3 Å². The highest BCUT2D eigenvalue weighted by Crippen LogP contribution is 2.24. The lowest BCUT2D eigenvalue weighted by atomic mass is 10.2. The first-order valence-corrected chi connectivity index (χ1v) is 8.09. The summed E-state index contributed by atoms with van der Waals surface area (Å²) < 4.78 is 10.2. The second-order valence-corrected chi connectivity index (χ2v) is 5.73. The molecule has 1 rings (SSSR count). The molecule has 6 heteroatoms. The van der Waals surface area contributed by atoms with Crippen molar-refractivity contribution in [2.24, 2.45) is 0 Å². The van der Waals surface area contributed by atoms with E-state index in [4.69, 9.17) is 32.7 Å². The molecule has 0 amide bonds. The molecular weight excluding hydrogens is 327 g/mol. The van der Waals surface area contributed by atoms with E-state index in [2.05, 4.69) is 6.92 Å². The van der Waals surface area contributed by atoms with Crippen molar-refractivity contribution in [1.82, 2.24) is 0 Å². The maximum atomic E-state index is 11.7. The van der Waals surface area contributed by atoms with Crippen LogP contribution < -0.4 is 4.74 Å². The SMILES string of the molecule is CCCCCOC(=O)CCCC(=O)Oc1cc(Cl)cc(Cl)c1. The van der Waals surface area contributed by atoms with Gasteiger partial charge < -0.3 is 9.47 Å². The van der Waals surface area contributed by atoms with E-state index < -0.39 is 5.97 Å². The van der Waals surface area contributed by atoms with Gasteiger partial charge in [0, 0.05) is 22.9 Å². The van der Waals surface area contributed by atoms with E-state index in [1.165, 1.54) is 12.1 Å². The molecule has 0 spiro atoms. The summed E-state index contributed by atoms with van der Waals surface area (Å²) in [6, 6.07) is 4.57. The number of hydrogen-bond donors (Lipinski definition) is 0. The predicted molar refractivity (Wildman–Crippen MR) is 86.4 cm³/mol. The summed E-state index contributed by atoms with van der Waals surface area (Å²) in [7, 11) is 0. The van der Waals surface area contributed by atoms with Crippen LogP contribution in [0.25, 0.3) is 0 Å². The smallest absolute Gasteiger partial charge is 0.311 e. The highest BCUT2D eigenvalue weighted by molar-refractivity contribution is 6.34. The van der Waals surface area contributed by atoms with Crippen molar-refractivity contribution < 1.29 is 19.1 Å². The molecular formula is C16H20Cl2O4. The van der Waals surface area contributed by atoms with E-state index >= 15 is 0 Å². The highest BCUT2D eigenvalue weighted by atomic mass is 35.5. The molecule has 122 valence electrons. The largest absolute Gasteiger partial charge is 0.466 e. The number of rotatable bonds is 9. The topological polar surface area (TPSA) is 52.6 Å². The van der Waals surface area contributed by atoms with E-state index in [0.29, 0.717) is 28.8 Å². The standard InChI is InChI=1S/C16H20Cl2O4/c1-2-3-4-8-21-15(19)6-5-7-16(20)22-14-10-12(17)9-13(18)11-14/h9-11H,2-8H2,1H3. The summed E-state index contributed by atoms with van der Waals surface area (Å²) in [5.41, 5.74) is 0. The Kier molecular flexibility index (Phi) is 8.94. The normalized spacial score (nSPS) is 10.3. The molecule has 0 unspecified atom stereocenters. The average molecular weight is 347 g/mol. The van der Waals surface area contributed by atoms with Gasteiger partial charge in [-0.2, -0.15) is 0 Å². The lowest BCUT2D eigenvalue weighted by Crippen LogP contribution is -2.10. The number of carbonyl (C=O) groups excluding carboxylic acids is 2. The van der Waals surface area contributed by atoms with Crippen LogP contribution in [0.15, 0.2) is 18.2 Å². The van der Waals surface area contributed by atoms with E-state index in [9.17, 15) is 9.59 Å². The molecule has 0 radical (unpaired) electrons. The van der Waals surface area contributed by atoms with Gasteiger partial charge in [0.1, 0.15) is 5.75 Å². The third-order valence-electron chi connectivity index (χ3n) is 2.84. The zero-order valence-corrected chi connectivity index (χ0v) is 14.1. The van der Waals surface area contributed by atoms with Gasteiger partial charge >= 0.3 is 11.9 Å². The van der Waals surface area contributed by atoms with Crippen molar-refractivity contribution in [3.05, 3.63) is 28.2 Å². The fourth-order valence-corrected chi connectivity index (χ4v) is 2.26. The number of hydrogen-bond acceptors (Lipinski definition) is 4. The fourth-order valence-electron chi connectivity index (χ4n) is 1.76. The molecule has 1 aromatic rings. The van der Waals surface area contributed by atoms with E-state index in [1.807, 2.05) is 0 Å². The van der Waals surface area contributed by atoms with Gasteiger partial charge in [-0.15, -0.1) is 0 Å². The van der Waals surface area contributed by atoms with Crippen molar-refractivity contribution in [3.63, 3.8) is 0 Å². The third kappa shape index (κ3) is 8.25. The minimum absolute atomic E-state index is 0.133. The fraction of sp³-hybridized carbons (Fsp3) is 0.500. The molecule has 0 bridgehead atoms. The van der Waals surface area contributed by atoms with E-state index in [1.54, 1.807) is 6.07 Å². The molecule has 0 aliphatic rings. The molecule has 1 aromatic carbocycles. The van der Waals surface area contributed by atoms with Crippen LogP contribution in [0.1, 0.15) is 45.4 Å². The van der Waals surface area contributed by atoms with Crippen molar-refractivity contribution in [2.45, 2.75) is 45.4 Å². The third-order valence-corrected chi connectivity index (χ3v) is 3.28. The average Bonchev–Trinajstić information content (AvgIpc) is 2.42. The minimum Gasteiger partial charge on any atom is -0.466 e. The Labute approximate surface area is 140 Å². The Morgan fingerprint density at radius 3 is 2.23 bits per heavy atom. The van der Waals surface area contributed by atoms with Crippen LogP contribution in [0.5, 0.6) is 5.75 Å². The van der Waals surface area contributed by atoms with Gasteiger partial charge in [0.15, 0.2) is 0 Å². The summed E-state index contributed by atoms with van der Waals surface area (Å²) in [5.74, 6) is -0.420. The molecule has 0 heterocycles. The van der Waals surface area contributed by atoms with Gasteiger partial charge in [-0.3, -0.25) is 9.59 Å². The molecule has 0 fully saturated rings. The first kappa shape index (κ1) is 18.8. The van der Waals surface area contributed by atoms with Crippen LogP contribution in [0.2, 0.25) is 10.0 Å². The molecule has 0 aliphatic heterocycles. The summed E-state index contributed by atoms with van der Waals surface area (Å²) >= 11 is 11.6. The van der Waals surface area contributed by atoms with Crippen molar-refractivity contribution in [1.29, 1.82) is 0 Å². The van der Waals surface area contributed by atoms with Gasteiger partial charge in [0.05, 0.1) is 6.61 Å². The van der Waals surface area contributed by atoms with Crippen molar-refractivity contribution >= 4 is 35.1 Å². The summed E-state index contributed by atoms with van der Waals surface area (Å²) in [6.45, 7) is 2.53. The maximum Gasteiger partial charge on any atom is 0.311 e. The molecule has 0 N–H and O–H groups in total. The van der Waals surface area contributed by atoms with Crippen LogP contribution in [0.4, 0.5) is 0 Å². The second-order valence-electron chi connectivity index (χ2n) is 4.86. The molecule has 0 saturated heterocycles. The zero-order valence-electron chi connectivity index (χ0n) is 12.6. The number of benzene rings is 1. The van der Waals surface area contributed by atoms with Crippen LogP contribution in [-0.4, -0.2) is 18.5 Å². The maximum absolute atomic E-state index is 11.7. The van der Waals surface area contributed by atoms with Crippen LogP contribution >= 0.6 is 23.2 Å². The van der Waals surface area contributed by atoms with Crippen LogP contribution in [-0.2, 0) is 14.3 Å². The highest BCUT2D eigenvalue weighted by Gasteiger charge is 2.09. The minimum atomic E-state index is -0.433. The molecule has 0 atom stereocenters. The molecule has 22 heavy (non-hydrogen) atoms. The lowest BCUT2D eigenvalue weighted by Gasteiger charge is -2.06.